The highest BCUT2D eigenvalue weighted by molar-refractivity contribution is 5.85. The van der Waals surface area contributed by atoms with Crippen LogP contribution in [0.2, 0.25) is 0 Å². The van der Waals surface area contributed by atoms with Crippen molar-refractivity contribution in [3.8, 4) is 0 Å². The van der Waals surface area contributed by atoms with Crippen molar-refractivity contribution in [2.45, 2.75) is 20.4 Å². The average Bonchev–Trinajstić information content (AvgIpc) is 2.92. The molecule has 7 heteroatoms. The smallest absolute Gasteiger partial charge is 0.318 e. The zero-order chi connectivity index (χ0) is 15.7. The molecule has 0 bridgehead atoms. The SMILES string of the molecule is Cc1ccc2[nH]c(CNC(=O)N3CCNC(=O)C3)nc2c1C. The highest BCUT2D eigenvalue weighted by atomic mass is 16.2. The molecule has 0 spiro atoms. The van der Waals surface area contributed by atoms with E-state index in [1.165, 1.54) is 10.5 Å². The predicted molar refractivity (Wildman–Crippen MR) is 82.4 cm³/mol. The summed E-state index contributed by atoms with van der Waals surface area (Å²) in [6, 6.07) is 3.79. The van der Waals surface area contributed by atoms with E-state index in [0.717, 1.165) is 16.6 Å². The van der Waals surface area contributed by atoms with Crippen molar-refractivity contribution < 1.29 is 9.59 Å². The molecule has 1 aromatic carbocycles. The molecule has 0 saturated carbocycles. The van der Waals surface area contributed by atoms with Gasteiger partial charge in [-0.2, -0.15) is 0 Å². The van der Waals surface area contributed by atoms with Crippen LogP contribution in [-0.4, -0.2) is 46.4 Å². The molecule has 1 saturated heterocycles. The third-order valence-electron chi connectivity index (χ3n) is 3.96. The lowest BCUT2D eigenvalue weighted by Crippen LogP contribution is -2.52. The molecule has 2 aromatic rings. The van der Waals surface area contributed by atoms with E-state index in [1.54, 1.807) is 0 Å². The van der Waals surface area contributed by atoms with Gasteiger partial charge in [0.25, 0.3) is 0 Å². The van der Waals surface area contributed by atoms with Crippen LogP contribution in [0.5, 0.6) is 0 Å². The average molecular weight is 301 g/mol. The summed E-state index contributed by atoms with van der Waals surface area (Å²) in [6.07, 6.45) is 0. The number of hydrogen-bond acceptors (Lipinski definition) is 3. The van der Waals surface area contributed by atoms with Crippen molar-refractivity contribution in [1.82, 2.24) is 25.5 Å². The van der Waals surface area contributed by atoms with Crippen LogP contribution in [0.3, 0.4) is 0 Å². The molecular formula is C15H19N5O2. The van der Waals surface area contributed by atoms with Crippen LogP contribution in [0.25, 0.3) is 11.0 Å². The highest BCUT2D eigenvalue weighted by Crippen LogP contribution is 2.19. The molecule has 3 rings (SSSR count). The Bertz CT molecular complexity index is 737. The van der Waals surface area contributed by atoms with Crippen LogP contribution >= 0.6 is 0 Å². The van der Waals surface area contributed by atoms with Crippen molar-refractivity contribution in [3.63, 3.8) is 0 Å². The van der Waals surface area contributed by atoms with E-state index < -0.39 is 0 Å². The largest absolute Gasteiger partial charge is 0.353 e. The molecule has 0 unspecified atom stereocenters. The van der Waals surface area contributed by atoms with Gasteiger partial charge in [0.1, 0.15) is 12.4 Å². The number of carbonyl (C=O) groups is 2. The predicted octanol–water partition coefficient (Wildman–Crippen LogP) is 0.821. The first kappa shape index (κ1) is 14.4. The third-order valence-corrected chi connectivity index (χ3v) is 3.96. The molecule has 22 heavy (non-hydrogen) atoms. The van der Waals surface area contributed by atoms with E-state index in [4.69, 9.17) is 0 Å². The summed E-state index contributed by atoms with van der Waals surface area (Å²) < 4.78 is 0. The van der Waals surface area contributed by atoms with Gasteiger partial charge in [0.2, 0.25) is 5.91 Å². The topological polar surface area (TPSA) is 90.1 Å². The lowest BCUT2D eigenvalue weighted by Gasteiger charge is -2.26. The normalized spacial score (nSPS) is 15.0. The summed E-state index contributed by atoms with van der Waals surface area (Å²) in [5.74, 6) is 0.578. The molecule has 3 N–H and O–H groups in total. The van der Waals surface area contributed by atoms with Crippen molar-refractivity contribution in [3.05, 3.63) is 29.1 Å². The van der Waals surface area contributed by atoms with Crippen LogP contribution < -0.4 is 10.6 Å². The summed E-state index contributed by atoms with van der Waals surface area (Å²) >= 11 is 0. The first-order valence-corrected chi connectivity index (χ1v) is 7.29. The van der Waals surface area contributed by atoms with E-state index in [9.17, 15) is 9.59 Å². The Morgan fingerprint density at radius 3 is 3.00 bits per heavy atom. The van der Waals surface area contributed by atoms with Crippen LogP contribution in [-0.2, 0) is 11.3 Å². The summed E-state index contributed by atoms with van der Waals surface area (Å²) in [4.78, 5) is 32.6. The Balaban J connectivity index is 1.67. The van der Waals surface area contributed by atoms with Gasteiger partial charge in [0, 0.05) is 13.1 Å². The van der Waals surface area contributed by atoms with Gasteiger partial charge in [-0.3, -0.25) is 4.79 Å². The second-order valence-corrected chi connectivity index (χ2v) is 5.52. The first-order chi connectivity index (χ1) is 10.5. The number of piperazine rings is 1. The molecule has 1 aromatic heterocycles. The molecule has 116 valence electrons. The first-order valence-electron chi connectivity index (χ1n) is 7.29. The molecule has 1 aliphatic heterocycles. The number of fused-ring (bicyclic) bond motifs is 1. The van der Waals surface area contributed by atoms with Crippen LogP contribution in [0, 0.1) is 13.8 Å². The number of H-pyrrole nitrogens is 1. The third kappa shape index (κ3) is 2.74. The van der Waals surface area contributed by atoms with E-state index >= 15 is 0 Å². The van der Waals surface area contributed by atoms with Gasteiger partial charge in [-0.1, -0.05) is 6.07 Å². The number of aromatic amines is 1. The number of rotatable bonds is 2. The van der Waals surface area contributed by atoms with E-state index in [1.807, 2.05) is 26.0 Å². The van der Waals surface area contributed by atoms with Gasteiger partial charge in [0.05, 0.1) is 17.6 Å². The van der Waals surface area contributed by atoms with Gasteiger partial charge in [-0.25, -0.2) is 9.78 Å². The lowest BCUT2D eigenvalue weighted by molar-refractivity contribution is -0.123. The molecule has 0 radical (unpaired) electrons. The number of aromatic nitrogens is 2. The number of benzene rings is 1. The standard InChI is InChI=1S/C15H19N5O2/c1-9-3-4-11-14(10(9)2)19-12(18-11)7-17-15(22)20-6-5-16-13(21)8-20/h3-4H,5-8H2,1-2H3,(H,16,21)(H,17,22)(H,18,19). The fourth-order valence-corrected chi connectivity index (χ4v) is 2.53. The van der Waals surface area contributed by atoms with Gasteiger partial charge in [-0.05, 0) is 31.0 Å². The van der Waals surface area contributed by atoms with Crippen molar-refractivity contribution in [1.29, 1.82) is 0 Å². The number of aryl methyl sites for hydroxylation is 2. The van der Waals surface area contributed by atoms with Crippen molar-refractivity contribution >= 4 is 23.0 Å². The molecular weight excluding hydrogens is 282 g/mol. The molecule has 0 atom stereocenters. The summed E-state index contributed by atoms with van der Waals surface area (Å²) in [7, 11) is 0. The number of urea groups is 1. The zero-order valence-corrected chi connectivity index (χ0v) is 12.7. The van der Waals surface area contributed by atoms with Crippen LogP contribution in [0.4, 0.5) is 4.79 Å². The maximum Gasteiger partial charge on any atom is 0.318 e. The number of nitrogens with zero attached hydrogens (tertiary/aromatic N) is 2. The number of amides is 3. The Morgan fingerprint density at radius 1 is 1.41 bits per heavy atom. The van der Waals surface area contributed by atoms with Crippen molar-refractivity contribution in [2.75, 3.05) is 19.6 Å². The number of carbonyl (C=O) groups excluding carboxylic acids is 2. The zero-order valence-electron chi connectivity index (χ0n) is 12.7. The van der Waals surface area contributed by atoms with E-state index in [2.05, 4.69) is 20.6 Å². The molecule has 0 aliphatic carbocycles. The number of nitrogens with one attached hydrogen (secondary N) is 3. The highest BCUT2D eigenvalue weighted by Gasteiger charge is 2.20. The molecule has 7 nitrogen and oxygen atoms in total. The number of imidazole rings is 1. The molecule has 1 aliphatic rings. The van der Waals surface area contributed by atoms with Gasteiger partial charge < -0.3 is 20.5 Å². The fraction of sp³-hybridized carbons (Fsp3) is 0.400. The van der Waals surface area contributed by atoms with E-state index in [0.29, 0.717) is 25.5 Å². The Hall–Kier alpha value is -2.57. The minimum atomic E-state index is -0.247. The maximum atomic E-state index is 12.0. The molecule has 3 amide bonds. The molecule has 1 fully saturated rings. The van der Waals surface area contributed by atoms with Crippen LogP contribution in [0.1, 0.15) is 17.0 Å². The van der Waals surface area contributed by atoms with Gasteiger partial charge in [0.15, 0.2) is 0 Å². The minimum Gasteiger partial charge on any atom is -0.353 e. The molecule has 2 heterocycles. The second kappa shape index (κ2) is 5.67. The maximum absolute atomic E-state index is 12.0. The van der Waals surface area contributed by atoms with Gasteiger partial charge >= 0.3 is 6.03 Å². The lowest BCUT2D eigenvalue weighted by atomic mass is 10.1. The summed E-state index contributed by atoms with van der Waals surface area (Å²) in [5.41, 5.74) is 4.22. The Morgan fingerprint density at radius 2 is 2.23 bits per heavy atom. The summed E-state index contributed by atoms with van der Waals surface area (Å²) in [5, 5.41) is 5.49. The Labute approximate surface area is 128 Å². The van der Waals surface area contributed by atoms with Crippen molar-refractivity contribution in [2.24, 2.45) is 0 Å². The Kier molecular flexibility index (Phi) is 3.70. The van der Waals surface area contributed by atoms with Crippen LogP contribution in [0.15, 0.2) is 12.1 Å². The second-order valence-electron chi connectivity index (χ2n) is 5.52. The quantitative estimate of drug-likeness (QED) is 0.767. The monoisotopic (exact) mass is 301 g/mol. The number of hydrogen-bond donors (Lipinski definition) is 3. The van der Waals surface area contributed by atoms with E-state index in [-0.39, 0.29) is 18.5 Å². The van der Waals surface area contributed by atoms with Gasteiger partial charge in [-0.15, -0.1) is 0 Å². The summed E-state index contributed by atoms with van der Waals surface area (Å²) in [6.45, 7) is 5.51. The minimum absolute atomic E-state index is 0.101. The fourth-order valence-electron chi connectivity index (χ4n) is 2.53.